The highest BCUT2D eigenvalue weighted by Gasteiger charge is 2.16. The Morgan fingerprint density at radius 3 is 2.70 bits per heavy atom. The molecule has 0 bridgehead atoms. The summed E-state index contributed by atoms with van der Waals surface area (Å²) in [4.78, 5) is 16.7. The Bertz CT molecular complexity index is 1210. The van der Waals surface area contributed by atoms with E-state index < -0.39 is 5.56 Å². The molecule has 1 aromatic carbocycles. The second-order valence-electron chi connectivity index (χ2n) is 6.62. The van der Waals surface area contributed by atoms with Gasteiger partial charge in [-0.1, -0.05) is 12.1 Å². The topological polar surface area (TPSA) is 72.1 Å². The van der Waals surface area contributed by atoms with Gasteiger partial charge in [-0.15, -0.1) is 0 Å². The van der Waals surface area contributed by atoms with Crippen molar-refractivity contribution in [2.45, 2.75) is 20.0 Å². The van der Waals surface area contributed by atoms with Crippen LogP contribution in [0.1, 0.15) is 16.8 Å². The highest BCUT2D eigenvalue weighted by Crippen LogP contribution is 2.28. The number of halogens is 1. The number of fused-ring (bicyclic) bond motifs is 3. The van der Waals surface area contributed by atoms with Gasteiger partial charge in [0.05, 0.1) is 17.4 Å². The summed E-state index contributed by atoms with van der Waals surface area (Å²) in [6, 6.07) is 8.16. The maximum Gasteiger partial charge on any atom is 0.309 e. The molecule has 0 atom stereocenters. The first kappa shape index (κ1) is 17.2. The maximum atomic E-state index is 13.2. The quantitative estimate of drug-likeness (QED) is 0.545. The van der Waals surface area contributed by atoms with Crippen molar-refractivity contribution in [2.75, 3.05) is 7.05 Å². The molecule has 0 aliphatic rings. The molecule has 0 aliphatic heterocycles. The van der Waals surface area contributed by atoms with Crippen LogP contribution in [-0.2, 0) is 13.1 Å². The van der Waals surface area contributed by atoms with E-state index in [1.807, 2.05) is 17.8 Å². The number of benzene rings is 1. The summed E-state index contributed by atoms with van der Waals surface area (Å²) in [5.74, 6) is -0.268. The van der Waals surface area contributed by atoms with Gasteiger partial charge in [0.1, 0.15) is 11.3 Å². The number of rotatable bonds is 4. The average Bonchev–Trinajstić information content (AvgIpc) is 3.00. The second-order valence-corrected chi connectivity index (χ2v) is 6.62. The Balaban J connectivity index is 1.97. The van der Waals surface area contributed by atoms with Crippen molar-refractivity contribution >= 4 is 21.8 Å². The van der Waals surface area contributed by atoms with Crippen molar-refractivity contribution in [1.29, 1.82) is 0 Å². The van der Waals surface area contributed by atoms with Gasteiger partial charge in [0, 0.05) is 30.1 Å². The van der Waals surface area contributed by atoms with E-state index in [0.717, 1.165) is 22.0 Å². The summed E-state index contributed by atoms with van der Waals surface area (Å²) in [5.41, 5.74) is 3.01. The van der Waals surface area contributed by atoms with Crippen molar-refractivity contribution in [1.82, 2.24) is 19.6 Å². The molecular weight excluding hydrogens is 347 g/mol. The number of pyridine rings is 2. The lowest BCUT2D eigenvalue weighted by molar-refractivity contribution is 0.170. The Kier molecular flexibility index (Phi) is 4.16. The summed E-state index contributed by atoms with van der Waals surface area (Å²) < 4.78 is 15.9. The minimum absolute atomic E-state index is 0.229. The molecular formula is C20H19FN4O2. The normalized spacial score (nSPS) is 11.5. The first-order valence-corrected chi connectivity index (χ1v) is 8.61. The van der Waals surface area contributed by atoms with E-state index in [2.05, 4.69) is 10.3 Å². The predicted octanol–water partition coefficient (Wildman–Crippen LogP) is 2.80. The van der Waals surface area contributed by atoms with Gasteiger partial charge < -0.3 is 15.1 Å². The molecule has 138 valence electrons. The molecule has 0 saturated carbocycles. The van der Waals surface area contributed by atoms with E-state index >= 15 is 0 Å². The number of aromatic nitrogens is 3. The number of nitrogens with zero attached hydrogens (tertiary/aromatic N) is 3. The molecule has 27 heavy (non-hydrogen) atoms. The second kappa shape index (κ2) is 6.51. The van der Waals surface area contributed by atoms with Crippen LogP contribution in [-0.4, -0.2) is 26.5 Å². The molecule has 0 radical (unpaired) electrons. The SMILES string of the molecule is CNCc1cn(Cc2ccc(F)cc2)c2cnc3c(=O)n(O)c(C)cc3c12. The molecule has 0 spiro atoms. The van der Waals surface area contributed by atoms with Crippen LogP contribution in [0, 0.1) is 12.7 Å². The molecule has 0 unspecified atom stereocenters. The fourth-order valence-electron chi connectivity index (χ4n) is 3.48. The lowest BCUT2D eigenvalue weighted by Gasteiger charge is -2.08. The molecule has 0 fully saturated rings. The number of hydrogen-bond acceptors (Lipinski definition) is 4. The summed E-state index contributed by atoms with van der Waals surface area (Å²) in [7, 11) is 1.86. The van der Waals surface area contributed by atoms with Crippen LogP contribution < -0.4 is 10.9 Å². The van der Waals surface area contributed by atoms with Gasteiger partial charge in [-0.2, -0.15) is 4.73 Å². The van der Waals surface area contributed by atoms with Crippen LogP contribution in [0.2, 0.25) is 0 Å². The largest absolute Gasteiger partial charge is 0.425 e. The lowest BCUT2D eigenvalue weighted by Crippen LogP contribution is -2.20. The van der Waals surface area contributed by atoms with Gasteiger partial charge in [0.15, 0.2) is 0 Å². The van der Waals surface area contributed by atoms with Gasteiger partial charge in [0.25, 0.3) is 0 Å². The number of hydrogen-bond donors (Lipinski definition) is 2. The zero-order chi connectivity index (χ0) is 19.1. The summed E-state index contributed by atoms with van der Waals surface area (Å²) >= 11 is 0. The first-order valence-electron chi connectivity index (χ1n) is 8.61. The van der Waals surface area contributed by atoms with Gasteiger partial charge in [-0.05, 0) is 43.3 Å². The van der Waals surface area contributed by atoms with Crippen molar-refractivity contribution < 1.29 is 9.60 Å². The predicted molar refractivity (Wildman–Crippen MR) is 102 cm³/mol. The van der Waals surface area contributed by atoms with Crippen molar-refractivity contribution in [3.05, 3.63) is 75.7 Å². The minimum atomic E-state index is -0.534. The molecule has 3 heterocycles. The standard InChI is InChI=1S/C20H19FN4O2/c1-12-7-16-18-14(8-22-2)11-24(10-13-3-5-15(21)6-4-13)17(18)9-23-19(16)20(26)25(12)27/h3-7,9,11,22,27H,8,10H2,1-2H3. The van der Waals surface area contributed by atoms with Gasteiger partial charge in [0.2, 0.25) is 0 Å². The average molecular weight is 366 g/mol. The minimum Gasteiger partial charge on any atom is -0.425 e. The molecule has 0 aliphatic carbocycles. The van der Waals surface area contributed by atoms with Gasteiger partial charge >= 0.3 is 5.56 Å². The van der Waals surface area contributed by atoms with Crippen molar-refractivity contribution in [2.24, 2.45) is 0 Å². The Morgan fingerprint density at radius 1 is 1.26 bits per heavy atom. The lowest BCUT2D eigenvalue weighted by atomic mass is 10.1. The third kappa shape index (κ3) is 2.86. The number of nitrogens with one attached hydrogen (secondary N) is 1. The molecule has 7 heteroatoms. The van der Waals surface area contributed by atoms with Crippen LogP contribution >= 0.6 is 0 Å². The van der Waals surface area contributed by atoms with Crippen molar-refractivity contribution in [3.63, 3.8) is 0 Å². The summed E-state index contributed by atoms with van der Waals surface area (Å²) in [5, 5.41) is 14.7. The van der Waals surface area contributed by atoms with Crippen LogP contribution in [0.4, 0.5) is 4.39 Å². The van der Waals surface area contributed by atoms with Gasteiger partial charge in [-0.3, -0.25) is 4.79 Å². The van der Waals surface area contributed by atoms with Crippen LogP contribution in [0.25, 0.3) is 21.8 Å². The van der Waals surface area contributed by atoms with Gasteiger partial charge in [-0.25, -0.2) is 9.37 Å². The van der Waals surface area contributed by atoms with Crippen LogP contribution in [0.15, 0.2) is 47.5 Å². The monoisotopic (exact) mass is 366 g/mol. The molecule has 0 amide bonds. The summed E-state index contributed by atoms with van der Waals surface area (Å²) in [6.45, 7) is 2.85. The highest BCUT2D eigenvalue weighted by molar-refractivity contribution is 6.06. The molecule has 2 N–H and O–H groups in total. The highest BCUT2D eigenvalue weighted by atomic mass is 19.1. The van der Waals surface area contributed by atoms with E-state index in [9.17, 15) is 14.4 Å². The number of aryl methyl sites for hydroxylation is 1. The third-order valence-electron chi connectivity index (χ3n) is 4.75. The van der Waals surface area contributed by atoms with Crippen molar-refractivity contribution in [3.8, 4) is 0 Å². The third-order valence-corrected chi connectivity index (χ3v) is 4.75. The van der Waals surface area contributed by atoms with E-state index in [-0.39, 0.29) is 11.3 Å². The fourth-order valence-corrected chi connectivity index (χ4v) is 3.48. The van der Waals surface area contributed by atoms with E-state index in [1.54, 1.807) is 31.3 Å². The van der Waals surface area contributed by atoms with E-state index in [0.29, 0.717) is 28.9 Å². The van der Waals surface area contributed by atoms with Crippen LogP contribution in [0.5, 0.6) is 0 Å². The smallest absolute Gasteiger partial charge is 0.309 e. The molecule has 4 rings (SSSR count). The Labute approximate surface area is 154 Å². The summed E-state index contributed by atoms with van der Waals surface area (Å²) in [6.07, 6.45) is 3.67. The zero-order valence-electron chi connectivity index (χ0n) is 15.0. The Hall–Kier alpha value is -3.19. The Morgan fingerprint density at radius 2 is 2.00 bits per heavy atom. The molecule has 0 saturated heterocycles. The van der Waals surface area contributed by atoms with Crippen LogP contribution in [0.3, 0.4) is 0 Å². The van der Waals surface area contributed by atoms with E-state index in [4.69, 9.17) is 0 Å². The van der Waals surface area contributed by atoms with E-state index in [1.165, 1.54) is 12.1 Å². The fraction of sp³-hybridized carbons (Fsp3) is 0.200. The maximum absolute atomic E-state index is 13.2. The first-order chi connectivity index (χ1) is 13.0. The molecule has 6 nitrogen and oxygen atoms in total. The zero-order valence-corrected chi connectivity index (χ0v) is 15.0. The molecule has 3 aromatic heterocycles. The molecule has 4 aromatic rings.